The Bertz CT molecular complexity index is 2750. The number of rotatable bonds is 10. The molecule has 6 heterocycles. The Morgan fingerprint density at radius 3 is 0.787 bits per heavy atom. The Labute approximate surface area is 353 Å². The fraction of sp³-hybridized carbons (Fsp3) is 0. The molecule has 10 rings (SSSR count). The van der Waals surface area contributed by atoms with Crippen molar-refractivity contribution in [1.82, 2.24) is 49.8 Å². The van der Waals surface area contributed by atoms with Gasteiger partial charge in [0.15, 0.2) is 43.0 Å². The summed E-state index contributed by atoms with van der Waals surface area (Å²) in [6, 6.07) is 54.2. The van der Waals surface area contributed by atoms with Gasteiger partial charge in [-0.25, -0.2) is 29.9 Å². The van der Waals surface area contributed by atoms with Crippen molar-refractivity contribution in [3.05, 3.63) is 207 Å². The predicted octanol–water partition coefficient (Wildman–Crippen LogP) is 7.02. The van der Waals surface area contributed by atoms with Crippen molar-refractivity contribution in [2.75, 3.05) is 0 Å². The van der Waals surface area contributed by atoms with E-state index in [2.05, 4.69) is 129 Å². The van der Waals surface area contributed by atoms with Crippen LogP contribution in [0.2, 0.25) is 0 Å². The molecule has 4 aromatic carbocycles. The second-order valence-corrected chi connectivity index (χ2v) is 18.0. The fourth-order valence-electron chi connectivity index (χ4n) is 7.69. The highest BCUT2D eigenvalue weighted by Crippen LogP contribution is 2.27. The van der Waals surface area contributed by atoms with Gasteiger partial charge in [0.05, 0.1) is 0 Å². The molecule has 0 unspecified atom stereocenters. The minimum atomic E-state index is -3.11. The van der Waals surface area contributed by atoms with E-state index in [0.717, 1.165) is 43.8 Å². The highest BCUT2D eigenvalue weighted by molar-refractivity contribution is 7.20. The van der Waals surface area contributed by atoms with Crippen LogP contribution in [0.4, 0.5) is 0 Å². The molecule has 0 saturated heterocycles. The summed E-state index contributed by atoms with van der Waals surface area (Å²) in [7, 11) is -3.11. The Morgan fingerprint density at radius 2 is 0.492 bits per heavy atom. The molecular formula is C50H34N10Si. The number of benzene rings is 4. The zero-order valence-electron chi connectivity index (χ0n) is 32.6. The molecule has 11 heteroatoms. The van der Waals surface area contributed by atoms with E-state index in [1.165, 1.54) is 10.4 Å². The lowest BCUT2D eigenvalue weighted by Gasteiger charge is -2.35. The number of hydrogen-bond acceptors (Lipinski definition) is 10. The predicted molar refractivity (Wildman–Crippen MR) is 241 cm³/mol. The smallest absolute Gasteiger partial charge is 0.179 e. The van der Waals surface area contributed by atoms with E-state index >= 15 is 0 Å². The highest BCUT2D eigenvalue weighted by Gasteiger charge is 2.42. The van der Waals surface area contributed by atoms with Gasteiger partial charge in [-0.15, -0.1) is 0 Å². The van der Waals surface area contributed by atoms with Gasteiger partial charge in [-0.3, -0.25) is 19.9 Å². The van der Waals surface area contributed by atoms with Gasteiger partial charge < -0.3 is 0 Å². The van der Waals surface area contributed by atoms with Crippen LogP contribution in [0.3, 0.4) is 0 Å². The monoisotopic (exact) mass is 802 g/mol. The Hall–Kier alpha value is -8.28. The van der Waals surface area contributed by atoms with E-state index in [0.29, 0.717) is 34.9 Å². The van der Waals surface area contributed by atoms with Gasteiger partial charge in [0.2, 0.25) is 0 Å². The number of nitrogens with zero attached hydrogens (tertiary/aromatic N) is 10. The second kappa shape index (κ2) is 16.5. The van der Waals surface area contributed by atoms with Crippen molar-refractivity contribution in [1.29, 1.82) is 0 Å². The van der Waals surface area contributed by atoms with Crippen molar-refractivity contribution >= 4 is 28.8 Å². The third kappa shape index (κ3) is 7.37. The van der Waals surface area contributed by atoms with Crippen LogP contribution in [-0.2, 0) is 0 Å². The van der Waals surface area contributed by atoms with Gasteiger partial charge in [0, 0.05) is 83.0 Å². The molecule has 0 spiro atoms. The van der Waals surface area contributed by atoms with Crippen LogP contribution in [0.15, 0.2) is 207 Å². The molecule has 0 radical (unpaired) electrons. The summed E-state index contributed by atoms with van der Waals surface area (Å²) in [5, 5.41) is 4.74. The first kappa shape index (κ1) is 37.0. The van der Waals surface area contributed by atoms with Crippen LogP contribution >= 0.6 is 0 Å². The summed E-state index contributed by atoms with van der Waals surface area (Å²) >= 11 is 0. The molecule has 0 aliphatic heterocycles. The molecule has 0 amide bonds. The van der Waals surface area contributed by atoms with Gasteiger partial charge in [-0.2, -0.15) is 0 Å². The van der Waals surface area contributed by atoms with Gasteiger partial charge in [0.1, 0.15) is 0 Å². The first-order valence-corrected chi connectivity index (χ1v) is 21.7. The van der Waals surface area contributed by atoms with E-state index < -0.39 is 8.07 Å². The van der Waals surface area contributed by atoms with Crippen LogP contribution in [0.1, 0.15) is 0 Å². The maximum absolute atomic E-state index is 5.08. The Balaban J connectivity index is 1.20. The first-order chi connectivity index (χ1) is 30.2. The highest BCUT2D eigenvalue weighted by atomic mass is 28.3. The zero-order chi connectivity index (χ0) is 40.9. The minimum absolute atomic E-state index is 0.557. The average Bonchev–Trinajstić information content (AvgIpc) is 3.36. The first-order valence-electron chi connectivity index (χ1n) is 19.7. The molecule has 0 fully saturated rings. The van der Waals surface area contributed by atoms with Crippen molar-refractivity contribution in [2.45, 2.75) is 0 Å². The molecule has 10 aromatic rings. The molecular weight excluding hydrogens is 769 g/mol. The minimum Gasteiger partial charge on any atom is -0.265 e. The molecule has 0 aliphatic rings. The Morgan fingerprint density at radius 1 is 0.230 bits per heavy atom. The maximum Gasteiger partial charge on any atom is 0.179 e. The van der Waals surface area contributed by atoms with Crippen LogP contribution in [0.5, 0.6) is 0 Å². The van der Waals surface area contributed by atoms with Gasteiger partial charge >= 0.3 is 0 Å². The summed E-state index contributed by atoms with van der Waals surface area (Å²) in [6.07, 6.45) is 14.0. The molecule has 288 valence electrons. The van der Waals surface area contributed by atoms with Gasteiger partial charge in [0.25, 0.3) is 0 Å². The summed E-state index contributed by atoms with van der Waals surface area (Å²) in [6.45, 7) is 0. The lowest BCUT2D eigenvalue weighted by atomic mass is 10.2. The van der Waals surface area contributed by atoms with E-state index in [9.17, 15) is 0 Å². The van der Waals surface area contributed by atoms with E-state index in [1.807, 2.05) is 48.5 Å². The molecule has 6 aromatic heterocycles. The largest absolute Gasteiger partial charge is 0.265 e. The molecule has 0 N–H and O–H groups in total. The molecule has 0 aliphatic carbocycles. The van der Waals surface area contributed by atoms with Crippen molar-refractivity contribution in [2.24, 2.45) is 0 Å². The lowest BCUT2D eigenvalue weighted by molar-refractivity contribution is 1.07. The normalized spacial score (nSPS) is 11.3. The fourth-order valence-corrected chi connectivity index (χ4v) is 12.5. The zero-order valence-corrected chi connectivity index (χ0v) is 33.6. The maximum atomic E-state index is 5.08. The third-order valence-electron chi connectivity index (χ3n) is 10.5. The van der Waals surface area contributed by atoms with E-state index in [1.54, 1.807) is 49.6 Å². The SMILES string of the molecule is c1ccc([Si](c2ccccc2)(c2cccc(-c3nc(-c4ccncc4)nc(-c4ccncc4)n3)c2)c2cccc(-c3nc(-c4ccncc4)nc(-c4ccncc4)n3)c2)cc1. The standard InChI is InChI=1S/C50H34N10Si/c1-3-11-41(12-4-1)61(42-13-5-2-6-14-42,43-15-7-9-39(33-43)49-57-45(35-17-25-51-26-18-35)55-46(58-49)36-19-27-52-28-20-36)44-16-8-10-40(34-44)50-59-47(37-21-29-53-30-22-37)56-48(60-50)38-23-31-54-32-24-38/h1-34H. The molecule has 61 heavy (non-hydrogen) atoms. The van der Waals surface area contributed by atoms with Crippen LogP contribution in [0, 0.1) is 0 Å². The van der Waals surface area contributed by atoms with Crippen molar-refractivity contribution in [3.8, 4) is 68.3 Å². The number of pyridine rings is 4. The molecule has 0 atom stereocenters. The topological polar surface area (TPSA) is 129 Å². The van der Waals surface area contributed by atoms with Gasteiger partial charge in [-0.05, 0) is 69.3 Å². The summed E-state index contributed by atoms with van der Waals surface area (Å²) < 4.78 is 0. The number of hydrogen-bond donors (Lipinski definition) is 0. The van der Waals surface area contributed by atoms with E-state index in [-0.39, 0.29) is 0 Å². The summed E-state index contributed by atoms with van der Waals surface area (Å²) in [5.41, 5.74) is 5.11. The molecule has 0 bridgehead atoms. The number of aromatic nitrogens is 10. The molecule has 10 nitrogen and oxygen atoms in total. The van der Waals surface area contributed by atoms with Crippen LogP contribution in [0.25, 0.3) is 68.3 Å². The summed E-state index contributed by atoms with van der Waals surface area (Å²) in [4.78, 5) is 47.1. The van der Waals surface area contributed by atoms with Crippen LogP contribution < -0.4 is 20.7 Å². The average molecular weight is 803 g/mol. The lowest BCUT2D eigenvalue weighted by Crippen LogP contribution is -2.74. The van der Waals surface area contributed by atoms with Crippen molar-refractivity contribution in [3.63, 3.8) is 0 Å². The van der Waals surface area contributed by atoms with Crippen molar-refractivity contribution < 1.29 is 0 Å². The summed E-state index contributed by atoms with van der Waals surface area (Å²) in [5.74, 6) is 3.35. The third-order valence-corrected chi connectivity index (χ3v) is 15.3. The Kier molecular flexibility index (Phi) is 10.0. The quantitative estimate of drug-likeness (QED) is 0.105. The van der Waals surface area contributed by atoms with Gasteiger partial charge in [-0.1, -0.05) is 109 Å². The molecule has 0 saturated carbocycles. The van der Waals surface area contributed by atoms with Crippen LogP contribution in [-0.4, -0.2) is 57.9 Å². The van der Waals surface area contributed by atoms with E-state index in [4.69, 9.17) is 29.9 Å². The second-order valence-electron chi connectivity index (χ2n) is 14.2.